The number of para-hydroxylation sites is 1. The Kier molecular flexibility index (Phi) is 9.00. The molecule has 0 aliphatic carbocycles. The third-order valence-corrected chi connectivity index (χ3v) is 4.41. The molecule has 0 N–H and O–H groups in total. The summed E-state index contributed by atoms with van der Waals surface area (Å²) in [5.74, 6) is 0.295. The first-order chi connectivity index (χ1) is 10.2. The second-order valence-corrected chi connectivity index (χ2v) is 6.39. The smallest absolute Gasteiger partial charge is 0.287 e. The van der Waals surface area contributed by atoms with E-state index in [-0.39, 0.29) is 23.0 Å². The van der Waals surface area contributed by atoms with Gasteiger partial charge in [-0.2, -0.15) is 30.3 Å². The maximum absolute atomic E-state index is 11.8. The zero-order valence-electron chi connectivity index (χ0n) is 11.4. The first-order valence-electron chi connectivity index (χ1n) is 6.23. The van der Waals surface area contributed by atoms with Crippen molar-refractivity contribution in [3.8, 4) is 5.75 Å². The fourth-order valence-corrected chi connectivity index (χ4v) is 2.67. The first kappa shape index (κ1) is 19.4. The van der Waals surface area contributed by atoms with Gasteiger partial charge in [-0.1, -0.05) is 38.3 Å². The van der Waals surface area contributed by atoms with Crippen LogP contribution in [0.4, 0.5) is 0 Å². The van der Waals surface area contributed by atoms with Gasteiger partial charge < -0.3 is 4.74 Å². The van der Waals surface area contributed by atoms with Crippen LogP contribution in [0.15, 0.2) is 72.8 Å². The molecule has 0 saturated heterocycles. The maximum Gasteiger partial charge on any atom is 0.287 e. The number of hydrogen-bond acceptors (Lipinski definition) is 2. The quantitative estimate of drug-likeness (QED) is 0.142. The molecule has 0 saturated carbocycles. The number of hydrogen-bond donors (Lipinski definition) is 0. The number of ether oxygens (including phenoxy) is 1. The summed E-state index contributed by atoms with van der Waals surface area (Å²) in [7, 11) is 0. The van der Waals surface area contributed by atoms with E-state index in [2.05, 4.69) is 45.2 Å². The maximum atomic E-state index is 11.8. The Morgan fingerprint density at radius 2 is 1.68 bits per heavy atom. The van der Waals surface area contributed by atoms with Crippen LogP contribution < -0.4 is 4.74 Å². The Hall–Kier alpha value is -0.631. The largest absolute Gasteiger partial charge is 0.431 e. The molecule has 3 aromatic carbocycles. The number of carbonyl (C=O) groups is 1. The molecule has 0 amide bonds. The Morgan fingerprint density at radius 3 is 2.18 bits per heavy atom. The van der Waals surface area contributed by atoms with Crippen LogP contribution in [-0.4, -0.2) is 5.97 Å². The third kappa shape index (κ3) is 5.87. The summed E-state index contributed by atoms with van der Waals surface area (Å²) in [4.78, 5) is 11.8. The Balaban J connectivity index is 0.000000344. The molecule has 3 aromatic rings. The molecule has 0 atom stereocenters. The fraction of sp³-hybridized carbons (Fsp3) is 0. The monoisotopic (exact) mass is 558 g/mol. The molecule has 0 heterocycles. The van der Waals surface area contributed by atoms with Crippen molar-refractivity contribution in [2.75, 3.05) is 0 Å². The standard InChI is InChI=1S/C12H7I2O2.C5H5.Fe/c13-9-6-3-4-8(9)12(15)16-11-7-2-1-5-10(11)14;1-2-4-5-3-1;/h1-7H;1-5H;/q2*-1;. The summed E-state index contributed by atoms with van der Waals surface area (Å²) >= 11 is 4.26. The van der Waals surface area contributed by atoms with Gasteiger partial charge >= 0.3 is 0 Å². The van der Waals surface area contributed by atoms with Crippen molar-refractivity contribution >= 4 is 51.2 Å². The molecule has 116 valence electrons. The zero-order chi connectivity index (χ0) is 15.1. The molecular weight excluding hydrogens is 546 g/mol. The van der Waals surface area contributed by atoms with Gasteiger partial charge in [-0.25, -0.2) is 18.2 Å². The van der Waals surface area contributed by atoms with Gasteiger partial charge in [0.05, 0.1) is 3.57 Å². The van der Waals surface area contributed by atoms with Crippen LogP contribution in [0, 0.1) is 7.14 Å². The van der Waals surface area contributed by atoms with Gasteiger partial charge in [0.15, 0.2) is 0 Å². The summed E-state index contributed by atoms with van der Waals surface area (Å²) in [6.45, 7) is 0. The van der Waals surface area contributed by atoms with Crippen LogP contribution in [0.25, 0.3) is 0 Å². The van der Waals surface area contributed by atoms with Crippen molar-refractivity contribution in [3.63, 3.8) is 0 Å². The second-order valence-electron chi connectivity index (χ2n) is 4.07. The van der Waals surface area contributed by atoms with E-state index in [0.29, 0.717) is 11.3 Å². The SMILES string of the molecule is O=C(Oc1ccccc1I)[c-]1cccc1I.[Fe].c1cc[cH-]c1. The van der Waals surface area contributed by atoms with Crippen LogP contribution in [0.1, 0.15) is 10.4 Å². The second kappa shape index (κ2) is 10.2. The van der Waals surface area contributed by atoms with E-state index in [1.165, 1.54) is 0 Å². The van der Waals surface area contributed by atoms with Gasteiger partial charge in [0.2, 0.25) is 0 Å². The summed E-state index contributed by atoms with van der Waals surface area (Å²) in [5.41, 5.74) is 0.611. The molecule has 22 heavy (non-hydrogen) atoms. The predicted octanol–water partition coefficient (Wildman–Crippen LogP) is 5.24. The molecule has 0 aliphatic heterocycles. The number of esters is 1. The minimum atomic E-state index is -0.307. The molecular formula is C17H12FeI2O2-2. The number of rotatable bonds is 2. The third-order valence-electron chi connectivity index (χ3n) is 2.58. The van der Waals surface area contributed by atoms with Gasteiger partial charge in [-0.15, -0.1) is 0 Å². The van der Waals surface area contributed by atoms with E-state index < -0.39 is 0 Å². The van der Waals surface area contributed by atoms with Crippen molar-refractivity contribution < 1.29 is 26.6 Å². The molecule has 0 unspecified atom stereocenters. The molecule has 0 aromatic heterocycles. The van der Waals surface area contributed by atoms with Crippen LogP contribution in [0.2, 0.25) is 0 Å². The van der Waals surface area contributed by atoms with E-state index in [1.807, 2.05) is 60.7 Å². The number of carbonyl (C=O) groups excluding carboxylic acids is 1. The Bertz CT molecular complexity index is 673. The predicted molar refractivity (Wildman–Crippen MR) is 101 cm³/mol. The van der Waals surface area contributed by atoms with E-state index in [0.717, 1.165) is 7.14 Å². The van der Waals surface area contributed by atoms with Crippen molar-refractivity contribution in [1.29, 1.82) is 0 Å². The molecule has 3 rings (SSSR count). The van der Waals surface area contributed by atoms with Crippen LogP contribution in [-0.2, 0) is 17.1 Å². The van der Waals surface area contributed by atoms with Gasteiger partial charge in [-0.05, 0) is 40.3 Å². The average Bonchev–Trinajstić information content (AvgIpc) is 3.15. The average molecular weight is 558 g/mol. The van der Waals surface area contributed by atoms with Gasteiger partial charge in [0, 0.05) is 17.1 Å². The number of benzene rings is 1. The molecule has 0 radical (unpaired) electrons. The van der Waals surface area contributed by atoms with Gasteiger partial charge in [0.25, 0.3) is 5.97 Å². The topological polar surface area (TPSA) is 26.3 Å². The van der Waals surface area contributed by atoms with E-state index >= 15 is 0 Å². The minimum Gasteiger partial charge on any atom is -0.431 e. The molecule has 2 nitrogen and oxygen atoms in total. The van der Waals surface area contributed by atoms with Crippen LogP contribution in [0.5, 0.6) is 5.75 Å². The van der Waals surface area contributed by atoms with Crippen molar-refractivity contribution in [2.24, 2.45) is 0 Å². The van der Waals surface area contributed by atoms with Crippen LogP contribution >= 0.6 is 45.2 Å². The zero-order valence-corrected chi connectivity index (χ0v) is 16.8. The van der Waals surface area contributed by atoms with Gasteiger partial charge in [-0.3, -0.25) is 4.79 Å². The van der Waals surface area contributed by atoms with E-state index in [9.17, 15) is 4.79 Å². The molecule has 0 aliphatic rings. The van der Waals surface area contributed by atoms with Crippen molar-refractivity contribution in [2.45, 2.75) is 0 Å². The minimum absolute atomic E-state index is 0. The van der Waals surface area contributed by atoms with E-state index in [4.69, 9.17) is 4.74 Å². The number of halogens is 2. The fourth-order valence-electron chi connectivity index (χ4n) is 1.57. The summed E-state index contributed by atoms with van der Waals surface area (Å²) in [6, 6.07) is 22.9. The van der Waals surface area contributed by atoms with Crippen molar-refractivity contribution in [3.05, 3.63) is 85.5 Å². The van der Waals surface area contributed by atoms with E-state index in [1.54, 1.807) is 12.1 Å². The van der Waals surface area contributed by atoms with Gasteiger partial charge in [0.1, 0.15) is 5.75 Å². The Morgan fingerprint density at radius 1 is 1.00 bits per heavy atom. The normalized spacial score (nSPS) is 9.18. The molecule has 5 heteroatoms. The van der Waals surface area contributed by atoms with Crippen LogP contribution in [0.3, 0.4) is 0 Å². The molecule has 0 spiro atoms. The summed E-state index contributed by atoms with van der Waals surface area (Å²) in [5, 5.41) is 0. The molecule has 0 bridgehead atoms. The van der Waals surface area contributed by atoms with Crippen molar-refractivity contribution in [1.82, 2.24) is 0 Å². The summed E-state index contributed by atoms with van der Waals surface area (Å²) in [6.07, 6.45) is 0. The summed E-state index contributed by atoms with van der Waals surface area (Å²) < 4.78 is 7.16. The Labute approximate surface area is 167 Å². The molecule has 0 fully saturated rings. The first-order valence-corrected chi connectivity index (χ1v) is 8.39.